The highest BCUT2D eigenvalue weighted by atomic mass is 32.2. The lowest BCUT2D eigenvalue weighted by molar-refractivity contribution is -0.136. The lowest BCUT2D eigenvalue weighted by Crippen LogP contribution is -2.53. The van der Waals surface area contributed by atoms with Crippen molar-refractivity contribution in [2.24, 2.45) is 5.73 Å². The molecule has 0 aliphatic carbocycles. The number of nitrogens with two attached hydrogens (primary N) is 1. The van der Waals surface area contributed by atoms with Crippen LogP contribution in [0.15, 0.2) is 0 Å². The highest BCUT2D eigenvalue weighted by Crippen LogP contribution is 2.13. The maximum Gasteiger partial charge on any atom is 0.242 e. The van der Waals surface area contributed by atoms with E-state index in [1.807, 2.05) is 6.92 Å². The Labute approximate surface area is 96.9 Å². The second kappa shape index (κ2) is 4.71. The predicted molar refractivity (Wildman–Crippen MR) is 62.7 cm³/mol. The van der Waals surface area contributed by atoms with Gasteiger partial charge in [-0.2, -0.15) is 0 Å². The van der Waals surface area contributed by atoms with Gasteiger partial charge in [-0.15, -0.1) is 0 Å². The van der Waals surface area contributed by atoms with E-state index in [9.17, 15) is 13.2 Å². The molecule has 1 atom stereocenters. The van der Waals surface area contributed by atoms with Gasteiger partial charge in [0.1, 0.15) is 0 Å². The summed E-state index contributed by atoms with van der Waals surface area (Å²) in [6.45, 7) is 4.31. The van der Waals surface area contributed by atoms with Crippen LogP contribution in [0, 0.1) is 0 Å². The van der Waals surface area contributed by atoms with E-state index in [1.54, 1.807) is 11.8 Å². The van der Waals surface area contributed by atoms with Gasteiger partial charge in [0.15, 0.2) is 9.84 Å². The third-order valence-electron chi connectivity index (χ3n) is 3.07. The quantitative estimate of drug-likeness (QED) is 0.731. The van der Waals surface area contributed by atoms with Crippen molar-refractivity contribution in [1.82, 2.24) is 4.90 Å². The number of hydrogen-bond donors (Lipinski definition) is 1. The summed E-state index contributed by atoms with van der Waals surface area (Å²) in [5.41, 5.74) is 4.99. The summed E-state index contributed by atoms with van der Waals surface area (Å²) in [7, 11) is -2.97. The first-order chi connectivity index (χ1) is 7.28. The van der Waals surface area contributed by atoms with Gasteiger partial charge in [-0.25, -0.2) is 8.42 Å². The van der Waals surface area contributed by atoms with E-state index in [-0.39, 0.29) is 24.0 Å². The third kappa shape index (κ3) is 3.18. The van der Waals surface area contributed by atoms with Gasteiger partial charge >= 0.3 is 0 Å². The molecule has 0 radical (unpaired) electrons. The average Bonchev–Trinajstić information content (AvgIpc) is 2.38. The molecule has 0 aromatic carbocycles. The average molecular weight is 248 g/mol. The lowest BCUT2D eigenvalue weighted by atomic mass is 9.98. The number of nitrogens with zero attached hydrogens (tertiary/aromatic N) is 1. The molecule has 5 nitrogen and oxygen atoms in total. The van der Waals surface area contributed by atoms with Gasteiger partial charge in [0.2, 0.25) is 5.91 Å². The van der Waals surface area contributed by atoms with Gasteiger partial charge < -0.3 is 10.6 Å². The Hall–Kier alpha value is -0.620. The molecule has 0 bridgehead atoms. The molecule has 1 aliphatic rings. The zero-order chi connectivity index (χ0) is 12.4. The monoisotopic (exact) mass is 248 g/mol. The molecule has 16 heavy (non-hydrogen) atoms. The summed E-state index contributed by atoms with van der Waals surface area (Å²) in [5.74, 6) is 0.0787. The molecule has 0 spiro atoms. The van der Waals surface area contributed by atoms with Gasteiger partial charge in [-0.05, 0) is 19.8 Å². The van der Waals surface area contributed by atoms with Crippen LogP contribution in [-0.4, -0.2) is 49.4 Å². The van der Waals surface area contributed by atoms with Crippen LogP contribution in [0.5, 0.6) is 0 Å². The minimum atomic E-state index is -2.97. The van der Waals surface area contributed by atoms with E-state index in [4.69, 9.17) is 5.73 Å². The Morgan fingerprint density at radius 2 is 2.00 bits per heavy atom. The van der Waals surface area contributed by atoms with Crippen molar-refractivity contribution in [1.29, 1.82) is 0 Å². The highest BCUT2D eigenvalue weighted by molar-refractivity contribution is 7.91. The first-order valence-electron chi connectivity index (χ1n) is 5.57. The molecule has 2 N–H and O–H groups in total. The van der Waals surface area contributed by atoms with Crippen LogP contribution in [-0.2, 0) is 14.6 Å². The Morgan fingerprint density at radius 3 is 2.56 bits per heavy atom. The summed E-state index contributed by atoms with van der Waals surface area (Å²) >= 11 is 0. The smallest absolute Gasteiger partial charge is 0.242 e. The van der Waals surface area contributed by atoms with Crippen LogP contribution in [0.2, 0.25) is 0 Å². The van der Waals surface area contributed by atoms with Gasteiger partial charge in [-0.3, -0.25) is 4.79 Å². The first kappa shape index (κ1) is 13.4. The van der Waals surface area contributed by atoms with Crippen LogP contribution >= 0.6 is 0 Å². The second-order valence-electron chi connectivity index (χ2n) is 4.57. The summed E-state index contributed by atoms with van der Waals surface area (Å²) in [5, 5.41) is 0. The molecule has 1 fully saturated rings. The fourth-order valence-corrected chi connectivity index (χ4v) is 2.93. The zero-order valence-corrected chi connectivity index (χ0v) is 10.7. The molecule has 1 saturated heterocycles. The number of carbonyl (C=O) groups excluding carboxylic acids is 1. The molecule has 1 unspecified atom stereocenters. The molecule has 1 rings (SSSR count). The van der Waals surface area contributed by atoms with E-state index >= 15 is 0 Å². The molecule has 6 heteroatoms. The summed E-state index contributed by atoms with van der Waals surface area (Å²) < 4.78 is 22.8. The van der Waals surface area contributed by atoms with E-state index in [1.165, 1.54) is 0 Å². The molecular formula is C10H20N2O3S. The van der Waals surface area contributed by atoms with E-state index in [2.05, 4.69) is 0 Å². The largest absolute Gasteiger partial charge is 0.340 e. The number of hydrogen-bond acceptors (Lipinski definition) is 4. The molecule has 1 heterocycles. The number of carbonyl (C=O) groups is 1. The van der Waals surface area contributed by atoms with Crippen molar-refractivity contribution < 1.29 is 13.2 Å². The maximum atomic E-state index is 12.0. The third-order valence-corrected chi connectivity index (χ3v) is 4.78. The molecule has 1 aliphatic heterocycles. The highest BCUT2D eigenvalue weighted by Gasteiger charge is 2.32. The van der Waals surface area contributed by atoms with Crippen molar-refractivity contribution in [2.75, 3.05) is 24.6 Å². The minimum absolute atomic E-state index is 0.0541. The van der Waals surface area contributed by atoms with Crippen molar-refractivity contribution >= 4 is 15.7 Å². The topological polar surface area (TPSA) is 80.5 Å². The second-order valence-corrected chi connectivity index (χ2v) is 6.87. The minimum Gasteiger partial charge on any atom is -0.340 e. The van der Waals surface area contributed by atoms with Crippen LogP contribution in [0.4, 0.5) is 0 Å². The Morgan fingerprint density at radius 1 is 1.38 bits per heavy atom. The molecule has 1 amide bonds. The Kier molecular flexibility index (Phi) is 3.96. The van der Waals surface area contributed by atoms with Gasteiger partial charge in [0.25, 0.3) is 0 Å². The van der Waals surface area contributed by atoms with Crippen molar-refractivity contribution in [3.05, 3.63) is 0 Å². The fourth-order valence-electron chi connectivity index (χ4n) is 1.65. The van der Waals surface area contributed by atoms with Crippen molar-refractivity contribution in [2.45, 2.75) is 32.2 Å². The molecule has 0 saturated carbocycles. The van der Waals surface area contributed by atoms with Gasteiger partial charge in [0, 0.05) is 13.1 Å². The van der Waals surface area contributed by atoms with Crippen molar-refractivity contribution in [3.8, 4) is 0 Å². The van der Waals surface area contributed by atoms with Gasteiger partial charge in [-0.1, -0.05) is 6.92 Å². The van der Waals surface area contributed by atoms with E-state index in [0.29, 0.717) is 19.4 Å². The summed E-state index contributed by atoms with van der Waals surface area (Å²) in [4.78, 5) is 13.6. The standard InChI is InChI=1S/C10H20N2O3S/c1-3-10(2,11)9(13)12-5-4-7-16(14,15)8-6-12/h3-8,11H2,1-2H3. The molecule has 0 aromatic rings. The van der Waals surface area contributed by atoms with Gasteiger partial charge in [0.05, 0.1) is 17.0 Å². The Bertz CT molecular complexity index is 362. The van der Waals surface area contributed by atoms with Crippen molar-refractivity contribution in [3.63, 3.8) is 0 Å². The Balaban J connectivity index is 2.72. The van der Waals surface area contributed by atoms with Crippen LogP contribution in [0.3, 0.4) is 0 Å². The van der Waals surface area contributed by atoms with Crippen LogP contribution in [0.1, 0.15) is 26.7 Å². The predicted octanol–water partition coefficient (Wildman–Crippen LogP) is -0.239. The maximum absolute atomic E-state index is 12.0. The molecular weight excluding hydrogens is 228 g/mol. The summed E-state index contributed by atoms with van der Waals surface area (Å²) in [6.07, 6.45) is 1.06. The summed E-state index contributed by atoms with van der Waals surface area (Å²) in [6, 6.07) is 0. The van der Waals surface area contributed by atoms with E-state index < -0.39 is 15.4 Å². The fraction of sp³-hybridized carbons (Fsp3) is 0.900. The first-order valence-corrected chi connectivity index (χ1v) is 7.39. The lowest BCUT2D eigenvalue weighted by Gasteiger charge is -2.29. The van der Waals surface area contributed by atoms with E-state index in [0.717, 1.165) is 0 Å². The molecule has 94 valence electrons. The van der Waals surface area contributed by atoms with Crippen LogP contribution in [0.25, 0.3) is 0 Å². The number of amides is 1. The number of rotatable bonds is 2. The SMILES string of the molecule is CCC(C)(N)C(=O)N1CCCS(=O)(=O)CC1. The molecule has 0 aromatic heterocycles. The number of sulfone groups is 1. The zero-order valence-electron chi connectivity index (χ0n) is 9.90. The van der Waals surface area contributed by atoms with Crippen LogP contribution < -0.4 is 5.73 Å². The normalized spacial score (nSPS) is 24.6.